The van der Waals surface area contributed by atoms with E-state index in [-0.39, 0.29) is 0 Å². The maximum atomic E-state index is 5.99. The van der Waals surface area contributed by atoms with E-state index in [0.717, 1.165) is 10.0 Å². The van der Waals surface area contributed by atoms with Gasteiger partial charge in [-0.1, -0.05) is 0 Å². The van der Waals surface area contributed by atoms with E-state index in [1.165, 1.54) is 8.92 Å². The molecule has 0 aliphatic heterocycles. The normalized spacial score (nSPS) is 12.5. The molecule has 0 radical (unpaired) electrons. The van der Waals surface area contributed by atoms with Crippen LogP contribution in [-0.2, 0) is 0 Å². The molecule has 0 fully saturated rings. The Morgan fingerprint density at radius 1 is 0.818 bits per heavy atom. The predicted octanol–water partition coefficient (Wildman–Crippen LogP) is 4.07. The summed E-state index contributed by atoms with van der Waals surface area (Å²) in [5.41, 5.74) is 0. The molecule has 2 aromatic rings. The summed E-state index contributed by atoms with van der Waals surface area (Å²) in [7, 11) is -1.30. The third-order valence-corrected chi connectivity index (χ3v) is 14.3. The number of hydrogen-bond donors (Lipinski definition) is 0. The zero-order valence-electron chi connectivity index (χ0n) is 12.8. The van der Waals surface area contributed by atoms with Crippen molar-refractivity contribution in [1.82, 2.24) is 0 Å². The van der Waals surface area contributed by atoms with Gasteiger partial charge in [-0.05, 0) is 0 Å². The molecule has 0 unspecified atom stereocenters. The summed E-state index contributed by atoms with van der Waals surface area (Å²) in [5, 5.41) is 1.61. The first-order valence-corrected chi connectivity index (χ1v) is 14.7. The van der Waals surface area contributed by atoms with E-state index in [1.807, 2.05) is 24.3 Å². The molecular formula is C17H18Cl2Se2Si. The van der Waals surface area contributed by atoms with Crippen LogP contribution in [0.1, 0.15) is 0 Å². The van der Waals surface area contributed by atoms with E-state index in [9.17, 15) is 0 Å². The van der Waals surface area contributed by atoms with Crippen LogP contribution < -0.4 is 8.92 Å². The van der Waals surface area contributed by atoms with Gasteiger partial charge in [0.05, 0.1) is 0 Å². The average Bonchev–Trinajstić information content (AvgIpc) is 2.46. The van der Waals surface area contributed by atoms with E-state index in [2.05, 4.69) is 48.9 Å². The molecule has 22 heavy (non-hydrogen) atoms. The Kier molecular flexibility index (Phi) is 6.85. The molecule has 0 amide bonds. The van der Waals surface area contributed by atoms with Crippen molar-refractivity contribution in [1.29, 1.82) is 0 Å². The molecule has 0 bridgehead atoms. The Morgan fingerprint density at radius 2 is 1.27 bits per heavy atom. The minimum atomic E-state index is -1.30. The molecular weight excluding hydrogens is 461 g/mol. The van der Waals surface area contributed by atoms with Gasteiger partial charge in [0.2, 0.25) is 0 Å². The van der Waals surface area contributed by atoms with Crippen molar-refractivity contribution in [2.75, 3.05) is 0 Å². The third kappa shape index (κ3) is 5.90. The molecule has 0 aliphatic rings. The fraction of sp³-hybridized carbons (Fsp3) is 0.176. The van der Waals surface area contributed by atoms with Gasteiger partial charge >= 0.3 is 157 Å². The topological polar surface area (TPSA) is 0 Å². The third-order valence-electron chi connectivity index (χ3n) is 2.90. The van der Waals surface area contributed by atoms with Gasteiger partial charge in [-0.3, -0.25) is 0 Å². The summed E-state index contributed by atoms with van der Waals surface area (Å²) >= 11 is 12.7. The Hall–Kier alpha value is 0.0158. The first-order chi connectivity index (χ1) is 10.3. The maximum absolute atomic E-state index is 5.99. The number of halogens is 2. The summed E-state index contributed by atoms with van der Waals surface area (Å²) in [5.74, 6) is 0. The molecule has 0 heterocycles. The Balaban J connectivity index is 2.17. The molecule has 0 spiro atoms. The van der Waals surface area contributed by atoms with Crippen LogP contribution in [0.15, 0.2) is 57.6 Å². The first kappa shape index (κ1) is 18.4. The van der Waals surface area contributed by atoms with E-state index in [1.54, 1.807) is 4.09 Å². The van der Waals surface area contributed by atoms with E-state index < -0.39 is 8.07 Å². The molecule has 0 saturated heterocycles. The van der Waals surface area contributed by atoms with E-state index in [0.29, 0.717) is 29.9 Å². The zero-order chi connectivity index (χ0) is 16.2. The zero-order valence-corrected chi connectivity index (χ0v) is 18.7. The van der Waals surface area contributed by atoms with Crippen LogP contribution in [0.3, 0.4) is 0 Å². The quantitative estimate of drug-likeness (QED) is 0.568. The monoisotopic (exact) mass is 480 g/mol. The second kappa shape index (κ2) is 8.21. The second-order valence-corrected chi connectivity index (χ2v) is 16.9. The van der Waals surface area contributed by atoms with Crippen molar-refractivity contribution < 1.29 is 0 Å². The first-order valence-electron chi connectivity index (χ1n) is 6.91. The van der Waals surface area contributed by atoms with Gasteiger partial charge in [0.1, 0.15) is 0 Å². The average molecular weight is 479 g/mol. The Bertz CT molecular complexity index is 644. The van der Waals surface area contributed by atoms with Crippen LogP contribution in [0.5, 0.6) is 0 Å². The summed E-state index contributed by atoms with van der Waals surface area (Å²) in [6, 6.07) is 16.5. The van der Waals surface area contributed by atoms with Crippen molar-refractivity contribution in [3.63, 3.8) is 0 Å². The summed E-state index contributed by atoms with van der Waals surface area (Å²) in [6.45, 7) is 7.28. The van der Waals surface area contributed by atoms with E-state index >= 15 is 0 Å². The fourth-order valence-electron chi connectivity index (χ4n) is 1.62. The molecule has 0 aromatic heterocycles. The number of rotatable bonds is 5. The minimum absolute atomic E-state index is 0.369. The second-order valence-electron chi connectivity index (χ2n) is 5.86. The van der Waals surface area contributed by atoms with Crippen LogP contribution in [0, 0.1) is 0 Å². The van der Waals surface area contributed by atoms with Crippen LogP contribution in [-0.4, -0.2) is 38.0 Å². The number of benzene rings is 2. The fourth-order valence-corrected chi connectivity index (χ4v) is 11.0. The van der Waals surface area contributed by atoms with Gasteiger partial charge in [-0.15, -0.1) is 0 Å². The van der Waals surface area contributed by atoms with Crippen LogP contribution in [0.2, 0.25) is 29.7 Å². The Labute approximate surface area is 156 Å². The van der Waals surface area contributed by atoms with Gasteiger partial charge in [-0.2, -0.15) is 0 Å². The molecule has 2 aromatic carbocycles. The van der Waals surface area contributed by atoms with Crippen LogP contribution >= 0.6 is 23.2 Å². The van der Waals surface area contributed by atoms with Gasteiger partial charge in [0, 0.05) is 0 Å². The van der Waals surface area contributed by atoms with Crippen molar-refractivity contribution in [3.8, 4) is 0 Å². The standard InChI is InChI=1S/C17H18Cl2Se2Si/c1-22(2,3)17(21-16-10-6-14(19)7-11-16)12-20-15-8-4-13(18)5-9-15/h4-12H,1-3H3/b17-12+. The predicted molar refractivity (Wildman–Crippen MR) is 105 cm³/mol. The van der Waals surface area contributed by atoms with Gasteiger partial charge in [-0.25, -0.2) is 0 Å². The molecule has 0 atom stereocenters. The van der Waals surface area contributed by atoms with Crippen molar-refractivity contribution in [2.45, 2.75) is 19.6 Å². The van der Waals surface area contributed by atoms with Crippen molar-refractivity contribution in [3.05, 3.63) is 67.6 Å². The molecule has 0 saturated carbocycles. The van der Waals surface area contributed by atoms with Crippen molar-refractivity contribution >= 4 is 70.1 Å². The van der Waals surface area contributed by atoms with Crippen LogP contribution in [0.25, 0.3) is 0 Å². The van der Waals surface area contributed by atoms with E-state index in [4.69, 9.17) is 23.2 Å². The summed E-state index contributed by atoms with van der Waals surface area (Å²) < 4.78 is 4.44. The SMILES string of the molecule is C[Si](C)(C)/C(=C/[Se]c1ccc(Cl)cc1)[Se]c1ccc(Cl)cc1. The van der Waals surface area contributed by atoms with Crippen molar-refractivity contribution in [2.24, 2.45) is 0 Å². The van der Waals surface area contributed by atoms with Gasteiger partial charge in [0.15, 0.2) is 0 Å². The molecule has 0 N–H and O–H groups in total. The summed E-state index contributed by atoms with van der Waals surface area (Å²) in [4.78, 5) is 2.50. The molecule has 0 aliphatic carbocycles. The molecule has 2 rings (SSSR count). The number of hydrogen-bond acceptors (Lipinski definition) is 0. The molecule has 0 nitrogen and oxygen atoms in total. The van der Waals surface area contributed by atoms with Gasteiger partial charge < -0.3 is 0 Å². The molecule has 116 valence electrons. The summed E-state index contributed by atoms with van der Waals surface area (Å²) in [6.07, 6.45) is 0. The van der Waals surface area contributed by atoms with Crippen LogP contribution in [0.4, 0.5) is 0 Å². The van der Waals surface area contributed by atoms with Gasteiger partial charge in [0.25, 0.3) is 0 Å². The molecule has 5 heteroatoms. The Morgan fingerprint density at radius 3 is 1.73 bits per heavy atom.